The zero-order chi connectivity index (χ0) is 17.8. The first kappa shape index (κ1) is 17.2. The molecule has 3 rings (SSSR count). The van der Waals surface area contributed by atoms with E-state index in [-0.39, 0.29) is 25.1 Å². The van der Waals surface area contributed by atoms with Crippen LogP contribution in [-0.2, 0) is 24.4 Å². The minimum absolute atomic E-state index is 0.0780. The van der Waals surface area contributed by atoms with Crippen LogP contribution in [0.3, 0.4) is 0 Å². The van der Waals surface area contributed by atoms with Crippen molar-refractivity contribution in [2.24, 2.45) is 0 Å². The number of nitrogens with one attached hydrogen (secondary N) is 1. The number of rotatable bonds is 6. The number of imidazole rings is 1. The van der Waals surface area contributed by atoms with E-state index in [2.05, 4.69) is 41.5 Å². The molecule has 0 aliphatic rings. The summed E-state index contributed by atoms with van der Waals surface area (Å²) in [6.45, 7) is 4.02. The van der Waals surface area contributed by atoms with Crippen LogP contribution in [0.15, 0.2) is 48.5 Å². The summed E-state index contributed by atoms with van der Waals surface area (Å²) in [4.78, 5) is 16.9. The lowest BCUT2D eigenvalue weighted by molar-refractivity contribution is -0.122. The van der Waals surface area contributed by atoms with E-state index in [0.717, 1.165) is 23.0 Å². The molecule has 0 aliphatic heterocycles. The summed E-state index contributed by atoms with van der Waals surface area (Å²) < 4.78 is 1.76. The van der Waals surface area contributed by atoms with Crippen molar-refractivity contribution in [2.45, 2.75) is 39.5 Å². The normalized spacial score (nSPS) is 12.3. The van der Waals surface area contributed by atoms with E-state index in [1.165, 1.54) is 5.56 Å². The van der Waals surface area contributed by atoms with Gasteiger partial charge in [0.25, 0.3) is 0 Å². The summed E-state index contributed by atoms with van der Waals surface area (Å²) in [7, 11) is 0. The Morgan fingerprint density at radius 2 is 1.92 bits per heavy atom. The van der Waals surface area contributed by atoms with Crippen LogP contribution >= 0.6 is 0 Å². The minimum atomic E-state index is -0.198. The van der Waals surface area contributed by atoms with Crippen molar-refractivity contribution in [3.63, 3.8) is 0 Å². The monoisotopic (exact) mass is 337 g/mol. The number of aliphatic hydroxyl groups excluding tert-OH is 1. The molecule has 0 bridgehead atoms. The molecular weight excluding hydrogens is 314 g/mol. The first-order valence-corrected chi connectivity index (χ1v) is 8.55. The number of carbonyl (C=O) groups is 1. The fourth-order valence-electron chi connectivity index (χ4n) is 2.98. The van der Waals surface area contributed by atoms with Crippen LogP contribution in [0.1, 0.15) is 36.8 Å². The van der Waals surface area contributed by atoms with Crippen LogP contribution in [-0.4, -0.2) is 20.6 Å². The largest absolute Gasteiger partial charge is 0.388 e. The van der Waals surface area contributed by atoms with Crippen LogP contribution in [0.25, 0.3) is 11.0 Å². The predicted molar refractivity (Wildman–Crippen MR) is 98.0 cm³/mol. The zero-order valence-corrected chi connectivity index (χ0v) is 14.6. The number of aromatic nitrogens is 2. The molecule has 5 heteroatoms. The van der Waals surface area contributed by atoms with E-state index < -0.39 is 0 Å². The Labute approximate surface area is 147 Å². The van der Waals surface area contributed by atoms with Crippen molar-refractivity contribution in [3.05, 3.63) is 65.5 Å². The Bertz CT molecular complexity index is 868. The number of aliphatic hydroxyl groups is 1. The van der Waals surface area contributed by atoms with Crippen molar-refractivity contribution >= 4 is 16.9 Å². The molecule has 0 saturated carbocycles. The van der Waals surface area contributed by atoms with Crippen LogP contribution in [0.2, 0.25) is 0 Å². The maximum absolute atomic E-state index is 12.5. The van der Waals surface area contributed by atoms with Gasteiger partial charge in [-0.2, -0.15) is 0 Å². The highest BCUT2D eigenvalue weighted by Gasteiger charge is 2.15. The van der Waals surface area contributed by atoms with Crippen LogP contribution in [0.4, 0.5) is 0 Å². The van der Waals surface area contributed by atoms with Gasteiger partial charge in [-0.15, -0.1) is 0 Å². The van der Waals surface area contributed by atoms with E-state index >= 15 is 0 Å². The molecule has 2 N–H and O–H groups in total. The van der Waals surface area contributed by atoms with Gasteiger partial charge in [0, 0.05) is 0 Å². The zero-order valence-electron chi connectivity index (χ0n) is 14.6. The molecule has 0 aliphatic carbocycles. The molecule has 0 spiro atoms. The molecule has 5 nitrogen and oxygen atoms in total. The first-order chi connectivity index (χ1) is 12.1. The minimum Gasteiger partial charge on any atom is -0.388 e. The number of amides is 1. The number of aryl methyl sites for hydroxylation is 1. The fraction of sp³-hybridized carbons (Fsp3) is 0.300. The van der Waals surface area contributed by atoms with Gasteiger partial charge in [0.05, 0.1) is 17.1 Å². The van der Waals surface area contributed by atoms with Crippen LogP contribution in [0.5, 0.6) is 0 Å². The van der Waals surface area contributed by atoms with E-state index in [4.69, 9.17) is 0 Å². The smallest absolute Gasteiger partial charge is 0.240 e. The standard InChI is InChI=1S/C20H23N3O2/c1-3-15-8-10-16(11-9-15)14(2)21-20(25)12-23-18-7-5-4-6-17(18)22-19(23)13-24/h4-11,14,24H,3,12-13H2,1-2H3,(H,21,25). The number of nitrogens with zero attached hydrogens (tertiary/aromatic N) is 2. The number of benzene rings is 2. The molecule has 0 fully saturated rings. The molecule has 2 aromatic carbocycles. The molecule has 25 heavy (non-hydrogen) atoms. The lowest BCUT2D eigenvalue weighted by Gasteiger charge is -2.16. The average Bonchev–Trinajstić information content (AvgIpc) is 2.99. The van der Waals surface area contributed by atoms with Crippen LogP contribution < -0.4 is 5.32 Å². The predicted octanol–water partition coefficient (Wildman–Crippen LogP) is 2.97. The summed E-state index contributed by atoms with van der Waals surface area (Å²) >= 11 is 0. The molecule has 3 aromatic rings. The third-order valence-electron chi connectivity index (χ3n) is 4.44. The number of para-hydroxylation sites is 2. The summed E-state index contributed by atoms with van der Waals surface area (Å²) in [5.74, 6) is 0.390. The summed E-state index contributed by atoms with van der Waals surface area (Å²) in [5, 5.41) is 12.5. The SMILES string of the molecule is CCc1ccc(C(C)NC(=O)Cn2c(CO)nc3ccccc32)cc1. The van der Waals surface area contributed by atoms with E-state index in [1.807, 2.05) is 31.2 Å². The van der Waals surface area contributed by atoms with Gasteiger partial charge < -0.3 is 15.0 Å². The quantitative estimate of drug-likeness (QED) is 0.727. The molecule has 1 heterocycles. The van der Waals surface area contributed by atoms with E-state index in [9.17, 15) is 9.90 Å². The molecule has 0 saturated heterocycles. The van der Waals surface area contributed by atoms with Gasteiger partial charge >= 0.3 is 0 Å². The molecule has 130 valence electrons. The fourth-order valence-corrected chi connectivity index (χ4v) is 2.98. The molecule has 0 radical (unpaired) electrons. The number of fused-ring (bicyclic) bond motifs is 1. The van der Waals surface area contributed by atoms with Crippen molar-refractivity contribution < 1.29 is 9.90 Å². The summed E-state index contributed by atoms with van der Waals surface area (Å²) in [6.07, 6.45) is 0.999. The topological polar surface area (TPSA) is 67.2 Å². The highest BCUT2D eigenvalue weighted by atomic mass is 16.3. The average molecular weight is 337 g/mol. The number of hydrogen-bond donors (Lipinski definition) is 2. The van der Waals surface area contributed by atoms with Crippen molar-refractivity contribution in [3.8, 4) is 0 Å². The van der Waals surface area contributed by atoms with E-state index in [0.29, 0.717) is 5.82 Å². The lowest BCUT2D eigenvalue weighted by Crippen LogP contribution is -2.30. The van der Waals surface area contributed by atoms with Gasteiger partial charge in [-0.05, 0) is 36.6 Å². The molecular formula is C20H23N3O2. The third-order valence-corrected chi connectivity index (χ3v) is 4.44. The first-order valence-electron chi connectivity index (χ1n) is 8.55. The number of carbonyl (C=O) groups excluding carboxylic acids is 1. The van der Waals surface area contributed by atoms with Gasteiger partial charge in [0.2, 0.25) is 5.91 Å². The molecule has 1 atom stereocenters. The second-order valence-electron chi connectivity index (χ2n) is 6.15. The number of hydrogen-bond acceptors (Lipinski definition) is 3. The second kappa shape index (κ2) is 7.49. The van der Waals surface area contributed by atoms with E-state index in [1.54, 1.807) is 4.57 Å². The van der Waals surface area contributed by atoms with Gasteiger partial charge in [-0.25, -0.2) is 4.98 Å². The third kappa shape index (κ3) is 3.72. The van der Waals surface area contributed by atoms with Gasteiger partial charge in [-0.1, -0.05) is 43.3 Å². The Balaban J connectivity index is 1.74. The molecule has 1 aromatic heterocycles. The Morgan fingerprint density at radius 1 is 1.20 bits per heavy atom. The van der Waals surface area contributed by atoms with Gasteiger partial charge in [-0.3, -0.25) is 4.79 Å². The Kier molecular flexibility index (Phi) is 5.14. The second-order valence-corrected chi connectivity index (χ2v) is 6.15. The van der Waals surface area contributed by atoms with Crippen molar-refractivity contribution in [1.29, 1.82) is 0 Å². The highest BCUT2D eigenvalue weighted by Crippen LogP contribution is 2.17. The van der Waals surface area contributed by atoms with Crippen LogP contribution in [0, 0.1) is 0 Å². The lowest BCUT2D eigenvalue weighted by atomic mass is 10.1. The summed E-state index contributed by atoms with van der Waals surface area (Å²) in [5.41, 5.74) is 3.98. The Hall–Kier alpha value is -2.66. The van der Waals surface area contributed by atoms with Crippen molar-refractivity contribution in [1.82, 2.24) is 14.9 Å². The van der Waals surface area contributed by atoms with Crippen molar-refractivity contribution in [2.75, 3.05) is 0 Å². The molecule has 1 amide bonds. The Morgan fingerprint density at radius 3 is 2.60 bits per heavy atom. The summed E-state index contributed by atoms with van der Waals surface area (Å²) in [6, 6.07) is 15.8. The van der Waals surface area contributed by atoms with Gasteiger partial charge in [0.1, 0.15) is 19.0 Å². The maximum atomic E-state index is 12.5. The maximum Gasteiger partial charge on any atom is 0.240 e. The van der Waals surface area contributed by atoms with Gasteiger partial charge in [0.15, 0.2) is 0 Å². The molecule has 1 unspecified atom stereocenters. The highest BCUT2D eigenvalue weighted by molar-refractivity contribution is 5.81.